The third-order valence-corrected chi connectivity index (χ3v) is 4.06. The number of rotatable bonds is 4. The van der Waals surface area contributed by atoms with E-state index in [1.807, 2.05) is 13.8 Å². The number of carbonyl (C=O) groups excluding carboxylic acids is 1. The number of hydrogen-bond donors (Lipinski definition) is 0. The molecule has 0 atom stereocenters. The predicted octanol–water partition coefficient (Wildman–Crippen LogP) is 4.39. The van der Waals surface area contributed by atoms with Crippen LogP contribution in [0.5, 0.6) is 0 Å². The first-order valence-electron chi connectivity index (χ1n) is 5.78. The van der Waals surface area contributed by atoms with Crippen LogP contribution < -0.4 is 0 Å². The van der Waals surface area contributed by atoms with Gasteiger partial charge in [-0.1, -0.05) is 41.5 Å². The lowest BCUT2D eigenvalue weighted by Gasteiger charge is -2.05. The van der Waals surface area contributed by atoms with Gasteiger partial charge in [0.05, 0.1) is 5.69 Å². The molecule has 2 rings (SSSR count). The first kappa shape index (κ1) is 14.4. The molecule has 2 aromatic rings. The normalized spacial score (nSPS) is 11.0. The molecule has 0 saturated carbocycles. The molecule has 0 bridgehead atoms. The first-order chi connectivity index (χ1) is 8.99. The van der Waals surface area contributed by atoms with Gasteiger partial charge in [0.25, 0.3) is 0 Å². The molecule has 0 saturated heterocycles. The van der Waals surface area contributed by atoms with Gasteiger partial charge >= 0.3 is 0 Å². The summed E-state index contributed by atoms with van der Waals surface area (Å²) in [6.07, 6.45) is 0.211. The second-order valence-corrected chi connectivity index (χ2v) is 6.08. The summed E-state index contributed by atoms with van der Waals surface area (Å²) >= 11 is 13.1. The fourth-order valence-electron chi connectivity index (χ4n) is 1.70. The Balaban J connectivity index is 2.26. The maximum atomic E-state index is 12.3. The van der Waals surface area contributed by atoms with Crippen LogP contribution in [0.1, 0.15) is 40.7 Å². The molecule has 0 spiro atoms. The third-order valence-electron chi connectivity index (χ3n) is 2.67. The number of hydrogen-bond acceptors (Lipinski definition) is 4. The molecule has 1 heterocycles. The van der Waals surface area contributed by atoms with E-state index in [2.05, 4.69) is 9.59 Å². The minimum atomic E-state index is -0.0251. The van der Waals surface area contributed by atoms with E-state index in [1.165, 1.54) is 0 Å². The van der Waals surface area contributed by atoms with E-state index in [-0.39, 0.29) is 18.1 Å². The van der Waals surface area contributed by atoms with Gasteiger partial charge < -0.3 is 0 Å². The van der Waals surface area contributed by atoms with Crippen LogP contribution in [0.3, 0.4) is 0 Å². The standard InChI is InChI=1S/C13H12Cl2N2OS/c1-7(2)12-13(19-17-16-12)11(18)6-8-5-9(14)3-4-10(8)15/h3-5,7H,6H2,1-2H3. The highest BCUT2D eigenvalue weighted by Gasteiger charge is 2.19. The van der Waals surface area contributed by atoms with Crippen molar-refractivity contribution in [3.05, 3.63) is 44.4 Å². The Kier molecular flexibility index (Phi) is 4.55. The molecule has 0 N–H and O–H groups in total. The number of carbonyl (C=O) groups is 1. The smallest absolute Gasteiger partial charge is 0.180 e. The highest BCUT2D eigenvalue weighted by Crippen LogP contribution is 2.25. The van der Waals surface area contributed by atoms with Crippen molar-refractivity contribution >= 4 is 40.5 Å². The summed E-state index contributed by atoms with van der Waals surface area (Å²) in [5.41, 5.74) is 1.47. The zero-order valence-corrected chi connectivity index (χ0v) is 12.8. The second-order valence-electron chi connectivity index (χ2n) is 4.48. The summed E-state index contributed by atoms with van der Waals surface area (Å²) < 4.78 is 3.86. The quantitative estimate of drug-likeness (QED) is 0.786. The Hall–Kier alpha value is -0.970. The lowest BCUT2D eigenvalue weighted by atomic mass is 10.0. The molecule has 0 radical (unpaired) electrons. The van der Waals surface area contributed by atoms with Gasteiger partial charge in [0.2, 0.25) is 0 Å². The molecular weight excluding hydrogens is 303 g/mol. The van der Waals surface area contributed by atoms with E-state index in [0.29, 0.717) is 14.9 Å². The molecule has 0 aliphatic carbocycles. The van der Waals surface area contributed by atoms with Crippen molar-refractivity contribution in [2.45, 2.75) is 26.2 Å². The first-order valence-corrected chi connectivity index (χ1v) is 7.31. The highest BCUT2D eigenvalue weighted by atomic mass is 35.5. The van der Waals surface area contributed by atoms with Crippen LogP contribution in [0.2, 0.25) is 10.0 Å². The number of Topliss-reactive ketones (excluding diaryl/α,β-unsaturated/α-hetero) is 1. The van der Waals surface area contributed by atoms with E-state index in [4.69, 9.17) is 23.2 Å². The summed E-state index contributed by atoms with van der Waals surface area (Å²) in [6, 6.07) is 5.11. The van der Waals surface area contributed by atoms with Crippen molar-refractivity contribution in [1.82, 2.24) is 9.59 Å². The number of halogens is 2. The maximum Gasteiger partial charge on any atom is 0.180 e. The number of nitrogens with zero attached hydrogens (tertiary/aromatic N) is 2. The molecule has 0 aliphatic rings. The van der Waals surface area contributed by atoms with E-state index < -0.39 is 0 Å². The van der Waals surface area contributed by atoms with Crippen molar-refractivity contribution in [3.63, 3.8) is 0 Å². The van der Waals surface area contributed by atoms with Crippen LogP contribution in [0, 0.1) is 0 Å². The van der Waals surface area contributed by atoms with Crippen molar-refractivity contribution in [2.24, 2.45) is 0 Å². The largest absolute Gasteiger partial charge is 0.293 e. The molecule has 1 aromatic carbocycles. The van der Waals surface area contributed by atoms with E-state index in [9.17, 15) is 4.79 Å². The Morgan fingerprint density at radius 2 is 2.11 bits per heavy atom. The van der Waals surface area contributed by atoms with Crippen LogP contribution >= 0.6 is 34.7 Å². The third kappa shape index (κ3) is 3.32. The summed E-state index contributed by atoms with van der Waals surface area (Å²) in [7, 11) is 0. The Morgan fingerprint density at radius 1 is 1.37 bits per heavy atom. The van der Waals surface area contributed by atoms with Gasteiger partial charge in [-0.25, -0.2) is 0 Å². The van der Waals surface area contributed by atoms with E-state index in [1.54, 1.807) is 18.2 Å². The molecule has 0 unspecified atom stereocenters. The Morgan fingerprint density at radius 3 is 2.79 bits per heavy atom. The van der Waals surface area contributed by atoms with Crippen LogP contribution in [0.15, 0.2) is 18.2 Å². The van der Waals surface area contributed by atoms with Crippen LogP contribution in [0.4, 0.5) is 0 Å². The SMILES string of the molecule is CC(C)c1nnsc1C(=O)Cc1cc(Cl)ccc1Cl. The molecule has 100 valence electrons. The van der Waals surface area contributed by atoms with Gasteiger partial charge in [0.15, 0.2) is 5.78 Å². The lowest BCUT2D eigenvalue weighted by molar-refractivity contribution is 0.0995. The molecule has 3 nitrogen and oxygen atoms in total. The molecular formula is C13H12Cl2N2OS. The zero-order valence-electron chi connectivity index (χ0n) is 10.5. The van der Waals surface area contributed by atoms with Crippen LogP contribution in [-0.4, -0.2) is 15.4 Å². The average Bonchev–Trinajstić information content (AvgIpc) is 2.83. The average molecular weight is 315 g/mol. The van der Waals surface area contributed by atoms with Crippen LogP contribution in [-0.2, 0) is 6.42 Å². The maximum absolute atomic E-state index is 12.3. The number of aromatic nitrogens is 2. The Bertz CT molecular complexity index is 610. The number of ketones is 1. The second kappa shape index (κ2) is 5.99. The van der Waals surface area contributed by atoms with Crippen molar-refractivity contribution < 1.29 is 4.79 Å². The van der Waals surface area contributed by atoms with Crippen molar-refractivity contribution in [2.75, 3.05) is 0 Å². The van der Waals surface area contributed by atoms with E-state index >= 15 is 0 Å². The van der Waals surface area contributed by atoms with E-state index in [0.717, 1.165) is 22.8 Å². The highest BCUT2D eigenvalue weighted by molar-refractivity contribution is 7.08. The minimum absolute atomic E-state index is 0.0251. The molecule has 0 aliphatic heterocycles. The van der Waals surface area contributed by atoms with Crippen molar-refractivity contribution in [1.29, 1.82) is 0 Å². The monoisotopic (exact) mass is 314 g/mol. The summed E-state index contributed by atoms with van der Waals surface area (Å²) in [6.45, 7) is 3.97. The fourth-order valence-corrected chi connectivity index (χ4v) is 2.83. The molecule has 6 heteroatoms. The van der Waals surface area contributed by atoms with Gasteiger partial charge in [0.1, 0.15) is 4.88 Å². The van der Waals surface area contributed by atoms with Gasteiger partial charge in [-0.15, -0.1) is 5.10 Å². The molecule has 0 fully saturated rings. The Labute approximate surface area is 125 Å². The zero-order chi connectivity index (χ0) is 14.0. The topological polar surface area (TPSA) is 42.9 Å². The summed E-state index contributed by atoms with van der Waals surface area (Å²) in [5, 5.41) is 5.12. The number of benzene rings is 1. The van der Waals surface area contributed by atoms with Gasteiger partial charge in [0, 0.05) is 16.5 Å². The minimum Gasteiger partial charge on any atom is -0.293 e. The molecule has 1 aromatic heterocycles. The van der Waals surface area contributed by atoms with Gasteiger partial charge in [-0.3, -0.25) is 4.79 Å². The summed E-state index contributed by atoms with van der Waals surface area (Å²) in [4.78, 5) is 12.9. The fraction of sp³-hybridized carbons (Fsp3) is 0.308. The summed E-state index contributed by atoms with van der Waals surface area (Å²) in [5.74, 6) is 0.149. The predicted molar refractivity (Wildman–Crippen MR) is 78.5 cm³/mol. The molecule has 0 amide bonds. The van der Waals surface area contributed by atoms with Gasteiger partial charge in [-0.2, -0.15) is 0 Å². The molecule has 19 heavy (non-hydrogen) atoms. The van der Waals surface area contributed by atoms with Crippen LogP contribution in [0.25, 0.3) is 0 Å². The van der Waals surface area contributed by atoms with Crippen molar-refractivity contribution in [3.8, 4) is 0 Å². The lowest BCUT2D eigenvalue weighted by Crippen LogP contribution is -2.06. The van der Waals surface area contributed by atoms with Gasteiger partial charge in [-0.05, 0) is 41.2 Å².